The fourth-order valence-electron chi connectivity index (χ4n) is 2.88. The van der Waals surface area contributed by atoms with Crippen molar-refractivity contribution in [2.45, 2.75) is 25.4 Å². The van der Waals surface area contributed by atoms with E-state index in [1.165, 1.54) is 0 Å². The van der Waals surface area contributed by atoms with Crippen LogP contribution in [0.2, 0.25) is 0 Å². The Hall–Kier alpha value is -3.19. The average Bonchev–Trinajstić information content (AvgIpc) is 3.16. The molecule has 1 aliphatic heterocycles. The third-order valence-electron chi connectivity index (χ3n) is 4.15. The first kappa shape index (κ1) is 18.6. The van der Waals surface area contributed by atoms with Gasteiger partial charge in [-0.25, -0.2) is 0 Å². The molecule has 0 aliphatic carbocycles. The fourth-order valence-corrected chi connectivity index (χ4v) is 2.88. The van der Waals surface area contributed by atoms with Crippen LogP contribution < -0.4 is 10.6 Å². The molecule has 1 heterocycles. The number of hydrogen-bond donors (Lipinski definition) is 3. The Morgan fingerprint density at radius 2 is 1.78 bits per heavy atom. The summed E-state index contributed by atoms with van der Waals surface area (Å²) in [6, 6.07) is 13.3. The summed E-state index contributed by atoms with van der Waals surface area (Å²) >= 11 is 0. The number of rotatable bonds is 6. The second-order valence-corrected chi connectivity index (χ2v) is 6.30. The summed E-state index contributed by atoms with van der Waals surface area (Å²) in [5.41, 5.74) is 2.00. The second kappa shape index (κ2) is 8.46. The van der Waals surface area contributed by atoms with Gasteiger partial charge in [-0.15, -0.1) is 0 Å². The Morgan fingerprint density at radius 3 is 2.48 bits per heavy atom. The molecule has 2 aromatic carbocycles. The smallest absolute Gasteiger partial charge is 0.307 e. The van der Waals surface area contributed by atoms with Gasteiger partial charge in [-0.2, -0.15) is 0 Å². The van der Waals surface area contributed by atoms with Crippen molar-refractivity contribution in [1.82, 2.24) is 0 Å². The van der Waals surface area contributed by atoms with Crippen LogP contribution in [0.25, 0.3) is 0 Å². The van der Waals surface area contributed by atoms with E-state index in [-0.39, 0.29) is 18.2 Å². The largest absolute Gasteiger partial charge is 0.481 e. The van der Waals surface area contributed by atoms with Crippen molar-refractivity contribution < 1.29 is 24.2 Å². The van der Waals surface area contributed by atoms with E-state index in [9.17, 15) is 14.4 Å². The van der Waals surface area contributed by atoms with Crippen molar-refractivity contribution in [2.24, 2.45) is 0 Å². The highest BCUT2D eigenvalue weighted by Crippen LogP contribution is 2.18. The van der Waals surface area contributed by atoms with Crippen molar-refractivity contribution in [1.29, 1.82) is 0 Å². The first-order chi connectivity index (χ1) is 13.0. The topological polar surface area (TPSA) is 105 Å². The lowest BCUT2D eigenvalue weighted by atomic mass is 10.1. The molecular weight excluding hydrogens is 348 g/mol. The third-order valence-corrected chi connectivity index (χ3v) is 4.15. The molecule has 140 valence electrons. The second-order valence-electron chi connectivity index (χ2n) is 6.30. The molecule has 0 saturated carbocycles. The number of carbonyl (C=O) groups excluding carboxylic acids is 2. The lowest BCUT2D eigenvalue weighted by Crippen LogP contribution is -2.27. The van der Waals surface area contributed by atoms with Crippen molar-refractivity contribution in [3.63, 3.8) is 0 Å². The maximum absolute atomic E-state index is 12.5. The van der Waals surface area contributed by atoms with Gasteiger partial charge in [0, 0.05) is 23.5 Å². The van der Waals surface area contributed by atoms with Crippen LogP contribution in [0.1, 0.15) is 28.8 Å². The van der Waals surface area contributed by atoms with E-state index in [2.05, 4.69) is 10.6 Å². The lowest BCUT2D eigenvalue weighted by molar-refractivity contribution is -0.136. The molecule has 1 aliphatic rings. The summed E-state index contributed by atoms with van der Waals surface area (Å²) < 4.78 is 5.35. The van der Waals surface area contributed by atoms with Gasteiger partial charge in [0.2, 0.25) is 0 Å². The predicted molar refractivity (Wildman–Crippen MR) is 99.8 cm³/mol. The molecule has 0 bridgehead atoms. The van der Waals surface area contributed by atoms with E-state index in [4.69, 9.17) is 9.84 Å². The number of ether oxygens (including phenoxy) is 1. The number of amides is 2. The number of benzene rings is 2. The fraction of sp³-hybridized carbons (Fsp3) is 0.250. The minimum atomic E-state index is -0.937. The number of aliphatic carboxylic acids is 1. The molecule has 1 atom stereocenters. The number of hydrogen-bond acceptors (Lipinski definition) is 4. The molecule has 3 rings (SSSR count). The van der Waals surface area contributed by atoms with Gasteiger partial charge in [-0.1, -0.05) is 18.2 Å². The normalized spacial score (nSPS) is 15.9. The zero-order chi connectivity index (χ0) is 19.2. The molecule has 7 heteroatoms. The van der Waals surface area contributed by atoms with Crippen LogP contribution >= 0.6 is 0 Å². The van der Waals surface area contributed by atoms with Crippen LogP contribution in [0.15, 0.2) is 48.5 Å². The molecule has 1 unspecified atom stereocenters. The molecule has 2 aromatic rings. The van der Waals surface area contributed by atoms with E-state index >= 15 is 0 Å². The van der Waals surface area contributed by atoms with E-state index < -0.39 is 12.1 Å². The van der Waals surface area contributed by atoms with Crippen LogP contribution in [0, 0.1) is 0 Å². The number of carbonyl (C=O) groups is 3. The zero-order valence-corrected chi connectivity index (χ0v) is 14.6. The minimum Gasteiger partial charge on any atom is -0.481 e. The van der Waals surface area contributed by atoms with Gasteiger partial charge in [0.15, 0.2) is 0 Å². The van der Waals surface area contributed by atoms with E-state index in [1.54, 1.807) is 48.5 Å². The SMILES string of the molecule is O=C(O)Cc1cccc(NC(=O)c2cccc(NC(=O)C3CCCO3)c2)c1. The van der Waals surface area contributed by atoms with Gasteiger partial charge in [0.1, 0.15) is 6.10 Å². The Bertz CT molecular complexity index is 859. The van der Waals surface area contributed by atoms with Gasteiger partial charge >= 0.3 is 5.97 Å². The van der Waals surface area contributed by atoms with Crippen molar-refractivity contribution in [2.75, 3.05) is 17.2 Å². The highest BCUT2D eigenvalue weighted by atomic mass is 16.5. The Kier molecular flexibility index (Phi) is 5.83. The zero-order valence-electron chi connectivity index (χ0n) is 14.6. The molecule has 1 fully saturated rings. The maximum Gasteiger partial charge on any atom is 0.307 e. The van der Waals surface area contributed by atoms with Crippen molar-refractivity contribution in [3.05, 3.63) is 59.7 Å². The number of nitrogens with one attached hydrogen (secondary N) is 2. The van der Waals surface area contributed by atoms with Gasteiger partial charge < -0.3 is 20.5 Å². The first-order valence-corrected chi connectivity index (χ1v) is 8.66. The number of anilines is 2. The standard InChI is InChI=1S/C20H20N2O5/c23-18(24)11-13-4-1-6-15(10-13)21-19(25)14-5-2-7-16(12-14)22-20(26)17-8-3-9-27-17/h1-2,4-7,10,12,17H,3,8-9,11H2,(H,21,25)(H,22,26)(H,23,24). The summed E-state index contributed by atoms with van der Waals surface area (Å²) in [5.74, 6) is -1.50. The van der Waals surface area contributed by atoms with Crippen molar-refractivity contribution >= 4 is 29.2 Å². The van der Waals surface area contributed by atoms with E-state index in [0.29, 0.717) is 35.5 Å². The Balaban J connectivity index is 1.66. The quantitative estimate of drug-likeness (QED) is 0.727. The molecule has 27 heavy (non-hydrogen) atoms. The number of carboxylic acids is 1. The summed E-state index contributed by atoms with van der Waals surface area (Å²) in [6.07, 6.45) is 0.994. The Labute approximate surface area is 156 Å². The first-order valence-electron chi connectivity index (χ1n) is 8.66. The molecule has 0 aromatic heterocycles. The predicted octanol–water partition coefficient (Wildman–Crippen LogP) is 2.68. The molecule has 0 spiro atoms. The number of carboxylic acid groups (broad SMARTS) is 1. The lowest BCUT2D eigenvalue weighted by Gasteiger charge is -2.12. The molecule has 2 amide bonds. The van der Waals surface area contributed by atoms with Crippen LogP contribution in [-0.2, 0) is 20.7 Å². The summed E-state index contributed by atoms with van der Waals surface area (Å²) in [5, 5.41) is 14.4. The summed E-state index contributed by atoms with van der Waals surface area (Å²) in [4.78, 5) is 35.4. The van der Waals surface area contributed by atoms with Crippen LogP contribution in [-0.4, -0.2) is 35.6 Å². The molecular formula is C20H20N2O5. The van der Waals surface area contributed by atoms with Gasteiger partial charge in [0.05, 0.1) is 6.42 Å². The minimum absolute atomic E-state index is 0.117. The molecule has 0 radical (unpaired) electrons. The Morgan fingerprint density at radius 1 is 1.04 bits per heavy atom. The molecule has 1 saturated heterocycles. The van der Waals surface area contributed by atoms with Gasteiger partial charge in [-0.05, 0) is 48.7 Å². The highest BCUT2D eigenvalue weighted by molar-refractivity contribution is 6.05. The monoisotopic (exact) mass is 368 g/mol. The molecule has 7 nitrogen and oxygen atoms in total. The van der Waals surface area contributed by atoms with Crippen molar-refractivity contribution in [3.8, 4) is 0 Å². The summed E-state index contributed by atoms with van der Waals surface area (Å²) in [7, 11) is 0. The van der Waals surface area contributed by atoms with E-state index in [0.717, 1.165) is 6.42 Å². The average molecular weight is 368 g/mol. The van der Waals surface area contributed by atoms with Gasteiger partial charge in [-0.3, -0.25) is 14.4 Å². The highest BCUT2D eigenvalue weighted by Gasteiger charge is 2.23. The van der Waals surface area contributed by atoms with E-state index in [1.807, 2.05) is 0 Å². The maximum atomic E-state index is 12.5. The van der Waals surface area contributed by atoms with Crippen LogP contribution in [0.4, 0.5) is 11.4 Å². The summed E-state index contributed by atoms with van der Waals surface area (Å²) in [6.45, 7) is 0.585. The van der Waals surface area contributed by atoms with Crippen LogP contribution in [0.3, 0.4) is 0 Å². The molecule has 3 N–H and O–H groups in total. The van der Waals surface area contributed by atoms with Gasteiger partial charge in [0.25, 0.3) is 11.8 Å². The van der Waals surface area contributed by atoms with Crippen LogP contribution in [0.5, 0.6) is 0 Å². The third kappa shape index (κ3) is 5.15.